The van der Waals surface area contributed by atoms with Crippen molar-refractivity contribution >= 4 is 17.2 Å². The molecule has 0 aliphatic carbocycles. The summed E-state index contributed by atoms with van der Waals surface area (Å²) < 4.78 is 5.27. The van der Waals surface area contributed by atoms with Gasteiger partial charge in [-0.05, 0) is 43.7 Å². The Labute approximate surface area is 136 Å². The Balaban J connectivity index is 2.30. The minimum atomic E-state index is 0.0290. The molecule has 118 valence electrons. The van der Waals surface area contributed by atoms with Gasteiger partial charge in [-0.15, -0.1) is 11.3 Å². The van der Waals surface area contributed by atoms with E-state index in [0.29, 0.717) is 11.3 Å². The Hall–Kier alpha value is -2.80. The van der Waals surface area contributed by atoms with Gasteiger partial charge in [0, 0.05) is 26.9 Å². The predicted molar refractivity (Wildman–Crippen MR) is 88.9 cm³/mol. The van der Waals surface area contributed by atoms with Crippen molar-refractivity contribution in [3.8, 4) is 27.3 Å². The first-order valence-corrected chi connectivity index (χ1v) is 7.73. The second kappa shape index (κ2) is 5.77. The van der Waals surface area contributed by atoms with E-state index in [2.05, 4.69) is 10.3 Å². The lowest BCUT2D eigenvalue weighted by Crippen LogP contribution is -2.13. The Kier molecular flexibility index (Phi) is 3.79. The van der Waals surface area contributed by atoms with Crippen LogP contribution in [0.2, 0.25) is 0 Å². The number of aromatic nitrogens is 1. The van der Waals surface area contributed by atoms with E-state index < -0.39 is 0 Å². The third kappa shape index (κ3) is 2.55. The summed E-state index contributed by atoms with van der Waals surface area (Å²) >= 11 is 1.47. The molecule has 0 saturated carbocycles. The largest absolute Gasteiger partial charge is 0.508 e. The van der Waals surface area contributed by atoms with E-state index in [4.69, 9.17) is 15.5 Å². The highest BCUT2D eigenvalue weighted by molar-refractivity contribution is 7.14. The van der Waals surface area contributed by atoms with Crippen molar-refractivity contribution in [3.05, 3.63) is 46.7 Å². The van der Waals surface area contributed by atoms with Gasteiger partial charge < -0.3 is 20.6 Å². The number of hydrogen-bond acceptors (Lipinski definition) is 6. The van der Waals surface area contributed by atoms with Gasteiger partial charge in [0.15, 0.2) is 5.84 Å². The second-order valence-electron chi connectivity index (χ2n) is 5.08. The average Bonchev–Trinajstić information content (AvgIpc) is 3.11. The van der Waals surface area contributed by atoms with Crippen LogP contribution >= 0.6 is 11.3 Å². The van der Waals surface area contributed by atoms with Crippen LogP contribution in [0.25, 0.3) is 21.6 Å². The van der Waals surface area contributed by atoms with Crippen molar-refractivity contribution in [1.82, 2.24) is 5.16 Å². The standard InChI is InChI=1S/C16H15N3O3S/c1-8-13(9(2)22-19-8)14-12(16(17)18-21)7-23-15(14)10-3-5-11(20)6-4-10/h3-7,20-21H,1-2H3,(H2,17,18). The van der Waals surface area contributed by atoms with Crippen LogP contribution in [0, 0.1) is 13.8 Å². The maximum absolute atomic E-state index is 9.48. The normalized spacial score (nSPS) is 11.8. The van der Waals surface area contributed by atoms with Crippen molar-refractivity contribution in [2.75, 3.05) is 0 Å². The summed E-state index contributed by atoms with van der Waals surface area (Å²) in [7, 11) is 0. The molecular formula is C16H15N3O3S. The summed E-state index contributed by atoms with van der Waals surface area (Å²) in [5.74, 6) is 0.884. The molecule has 0 fully saturated rings. The number of benzene rings is 1. The van der Waals surface area contributed by atoms with Crippen LogP contribution in [0.1, 0.15) is 17.0 Å². The monoisotopic (exact) mass is 329 g/mol. The van der Waals surface area contributed by atoms with Gasteiger partial charge in [0.25, 0.3) is 0 Å². The van der Waals surface area contributed by atoms with Crippen LogP contribution in [-0.4, -0.2) is 21.3 Å². The molecule has 0 atom stereocenters. The fourth-order valence-electron chi connectivity index (χ4n) is 2.51. The summed E-state index contributed by atoms with van der Waals surface area (Å²) in [4.78, 5) is 0.931. The Bertz CT molecular complexity index is 859. The molecule has 0 unspecified atom stereocenters. The fourth-order valence-corrected chi connectivity index (χ4v) is 3.59. The highest BCUT2D eigenvalue weighted by Gasteiger charge is 2.23. The van der Waals surface area contributed by atoms with Crippen LogP contribution < -0.4 is 5.73 Å². The number of thiophene rings is 1. The molecule has 0 aliphatic rings. The zero-order valence-electron chi connectivity index (χ0n) is 12.6. The first-order valence-electron chi connectivity index (χ1n) is 6.85. The smallest absolute Gasteiger partial charge is 0.171 e. The number of phenolic OH excluding ortho intramolecular Hbond substituents is 1. The third-order valence-electron chi connectivity index (χ3n) is 3.59. The molecule has 2 heterocycles. The average molecular weight is 329 g/mol. The molecule has 23 heavy (non-hydrogen) atoms. The summed E-state index contributed by atoms with van der Waals surface area (Å²) in [6, 6.07) is 6.88. The number of nitrogens with zero attached hydrogens (tertiary/aromatic N) is 2. The van der Waals surface area contributed by atoms with Crippen LogP contribution in [0.3, 0.4) is 0 Å². The number of nitrogens with two attached hydrogens (primary N) is 1. The minimum Gasteiger partial charge on any atom is -0.508 e. The van der Waals surface area contributed by atoms with E-state index in [1.807, 2.05) is 31.4 Å². The lowest BCUT2D eigenvalue weighted by molar-refractivity contribution is 0.318. The van der Waals surface area contributed by atoms with Gasteiger partial charge in [-0.2, -0.15) is 0 Å². The summed E-state index contributed by atoms with van der Waals surface area (Å²) in [5, 5.41) is 27.5. The van der Waals surface area contributed by atoms with Crippen LogP contribution in [0.5, 0.6) is 5.75 Å². The number of aryl methyl sites for hydroxylation is 2. The van der Waals surface area contributed by atoms with Gasteiger partial charge in [0.1, 0.15) is 11.5 Å². The molecule has 2 aromatic heterocycles. The number of rotatable bonds is 3. The van der Waals surface area contributed by atoms with Gasteiger partial charge in [-0.25, -0.2) is 0 Å². The lowest BCUT2D eigenvalue weighted by Gasteiger charge is -2.07. The summed E-state index contributed by atoms with van der Waals surface area (Å²) in [6.45, 7) is 3.67. The molecule has 0 amide bonds. The van der Waals surface area contributed by atoms with E-state index in [-0.39, 0.29) is 11.6 Å². The number of amidine groups is 1. The quantitative estimate of drug-likeness (QED) is 0.295. The van der Waals surface area contributed by atoms with Gasteiger partial charge >= 0.3 is 0 Å². The fraction of sp³-hybridized carbons (Fsp3) is 0.125. The highest BCUT2D eigenvalue weighted by atomic mass is 32.1. The lowest BCUT2D eigenvalue weighted by atomic mass is 9.97. The van der Waals surface area contributed by atoms with E-state index in [1.54, 1.807) is 12.1 Å². The molecule has 0 saturated heterocycles. The van der Waals surface area contributed by atoms with Gasteiger partial charge in [-0.3, -0.25) is 0 Å². The zero-order chi connectivity index (χ0) is 16.6. The SMILES string of the molecule is Cc1noc(C)c1-c1c(/C(N)=N/O)csc1-c1ccc(O)cc1. The van der Waals surface area contributed by atoms with Crippen molar-refractivity contribution in [2.24, 2.45) is 10.9 Å². The van der Waals surface area contributed by atoms with Crippen LogP contribution in [0.15, 0.2) is 39.3 Å². The molecule has 7 heteroatoms. The van der Waals surface area contributed by atoms with E-state index >= 15 is 0 Å². The zero-order valence-corrected chi connectivity index (χ0v) is 13.4. The number of aromatic hydroxyl groups is 1. The highest BCUT2D eigenvalue weighted by Crippen LogP contribution is 2.42. The molecular weight excluding hydrogens is 314 g/mol. The summed E-state index contributed by atoms with van der Waals surface area (Å²) in [6.07, 6.45) is 0. The van der Waals surface area contributed by atoms with Gasteiger partial charge in [0.05, 0.1) is 5.69 Å². The topological polar surface area (TPSA) is 105 Å². The molecule has 3 aromatic rings. The number of phenols is 1. The summed E-state index contributed by atoms with van der Waals surface area (Å²) in [5.41, 5.74) is 9.74. The van der Waals surface area contributed by atoms with Gasteiger partial charge in [0.2, 0.25) is 0 Å². The molecule has 0 spiro atoms. The molecule has 3 rings (SSSR count). The Morgan fingerprint density at radius 1 is 1.22 bits per heavy atom. The Morgan fingerprint density at radius 2 is 1.91 bits per heavy atom. The molecule has 0 radical (unpaired) electrons. The van der Waals surface area contributed by atoms with Crippen molar-refractivity contribution in [2.45, 2.75) is 13.8 Å². The molecule has 0 aliphatic heterocycles. The predicted octanol–water partition coefficient (Wildman–Crippen LogP) is 3.49. The van der Waals surface area contributed by atoms with Crippen molar-refractivity contribution in [1.29, 1.82) is 0 Å². The van der Waals surface area contributed by atoms with Crippen LogP contribution in [-0.2, 0) is 0 Å². The first-order chi connectivity index (χ1) is 11.0. The molecule has 1 aromatic carbocycles. The van der Waals surface area contributed by atoms with E-state index in [0.717, 1.165) is 27.3 Å². The minimum absolute atomic E-state index is 0.0290. The van der Waals surface area contributed by atoms with E-state index in [1.165, 1.54) is 11.3 Å². The molecule has 0 bridgehead atoms. The number of hydrogen-bond donors (Lipinski definition) is 3. The second-order valence-corrected chi connectivity index (χ2v) is 5.96. The number of oxime groups is 1. The van der Waals surface area contributed by atoms with Gasteiger partial charge in [-0.1, -0.05) is 10.3 Å². The van der Waals surface area contributed by atoms with Crippen molar-refractivity contribution < 1.29 is 14.8 Å². The maximum Gasteiger partial charge on any atom is 0.171 e. The van der Waals surface area contributed by atoms with E-state index in [9.17, 15) is 5.11 Å². The van der Waals surface area contributed by atoms with Crippen molar-refractivity contribution in [3.63, 3.8) is 0 Å². The Morgan fingerprint density at radius 3 is 2.48 bits per heavy atom. The van der Waals surface area contributed by atoms with Crippen LogP contribution in [0.4, 0.5) is 0 Å². The first kappa shape index (κ1) is 15.1. The third-order valence-corrected chi connectivity index (χ3v) is 4.62. The maximum atomic E-state index is 9.48. The molecule has 6 nitrogen and oxygen atoms in total. The molecule has 4 N–H and O–H groups in total.